The second-order valence-electron chi connectivity index (χ2n) is 13.0. The molecule has 0 N–H and O–H groups in total. The summed E-state index contributed by atoms with van der Waals surface area (Å²) in [6, 6.07) is 17.9. The molecule has 6 heteroatoms. The van der Waals surface area contributed by atoms with Crippen molar-refractivity contribution in [3.05, 3.63) is 83.2 Å². The number of benzene rings is 2. The summed E-state index contributed by atoms with van der Waals surface area (Å²) in [7, 11) is 4.28. The van der Waals surface area contributed by atoms with Crippen LogP contribution in [0.2, 0.25) is 0 Å². The fraction of sp³-hybridized carbons (Fsp3) is 0.421. The van der Waals surface area contributed by atoms with Crippen LogP contribution in [0.15, 0.2) is 60.9 Å². The van der Waals surface area contributed by atoms with Gasteiger partial charge in [0.1, 0.15) is 0 Å². The molecular formula is C38H48N6. The van der Waals surface area contributed by atoms with Gasteiger partial charge >= 0.3 is 0 Å². The molecule has 4 aromatic rings. The minimum absolute atomic E-state index is 0.887. The number of aromatic nitrogens is 2. The van der Waals surface area contributed by atoms with Gasteiger partial charge in [0.05, 0.1) is 35.2 Å². The molecule has 0 atom stereocenters. The highest BCUT2D eigenvalue weighted by atomic mass is 15.2. The average Bonchev–Trinajstić information content (AvgIpc) is 3.75. The Morgan fingerprint density at radius 1 is 0.545 bits per heavy atom. The number of anilines is 4. The molecule has 0 bridgehead atoms. The molecule has 230 valence electrons. The summed E-state index contributed by atoms with van der Waals surface area (Å²) >= 11 is 0. The van der Waals surface area contributed by atoms with Gasteiger partial charge in [0, 0.05) is 75.9 Å². The van der Waals surface area contributed by atoms with E-state index in [-0.39, 0.29) is 0 Å². The Bertz CT molecular complexity index is 1410. The van der Waals surface area contributed by atoms with Crippen LogP contribution in [0.25, 0.3) is 22.5 Å². The van der Waals surface area contributed by atoms with E-state index in [4.69, 9.17) is 9.97 Å². The Balaban J connectivity index is 1.06. The molecule has 2 fully saturated rings. The van der Waals surface area contributed by atoms with E-state index in [9.17, 15) is 0 Å². The first-order valence-corrected chi connectivity index (χ1v) is 16.4. The average molecular weight is 589 g/mol. The molecule has 0 amide bonds. The van der Waals surface area contributed by atoms with Crippen LogP contribution in [0, 0.1) is 27.7 Å². The maximum Gasteiger partial charge on any atom is 0.0703 e. The summed E-state index contributed by atoms with van der Waals surface area (Å²) in [5.74, 6) is 0. The quantitative estimate of drug-likeness (QED) is 0.199. The van der Waals surface area contributed by atoms with E-state index < -0.39 is 0 Å². The third-order valence-corrected chi connectivity index (χ3v) is 9.57. The Hall–Kier alpha value is -4.06. The Morgan fingerprint density at radius 3 is 1.18 bits per heavy atom. The molecule has 44 heavy (non-hydrogen) atoms. The van der Waals surface area contributed by atoms with E-state index in [1.807, 2.05) is 12.4 Å². The highest BCUT2D eigenvalue weighted by molar-refractivity contribution is 5.72. The van der Waals surface area contributed by atoms with Crippen LogP contribution < -0.4 is 19.6 Å². The Morgan fingerprint density at radius 2 is 0.886 bits per heavy atom. The summed E-state index contributed by atoms with van der Waals surface area (Å²) < 4.78 is 0. The normalized spacial score (nSPS) is 14.9. The van der Waals surface area contributed by atoms with Gasteiger partial charge < -0.3 is 19.6 Å². The molecule has 6 rings (SSSR count). The van der Waals surface area contributed by atoms with E-state index in [0.717, 1.165) is 35.9 Å². The van der Waals surface area contributed by atoms with Crippen molar-refractivity contribution in [2.45, 2.75) is 53.4 Å². The molecule has 2 aromatic carbocycles. The summed E-state index contributed by atoms with van der Waals surface area (Å²) in [5, 5.41) is 0. The monoisotopic (exact) mass is 588 g/mol. The number of hydrogen-bond donors (Lipinski definition) is 0. The molecule has 0 saturated carbocycles. The van der Waals surface area contributed by atoms with Crippen LogP contribution >= 0.6 is 0 Å². The maximum atomic E-state index is 4.86. The molecule has 0 spiro atoms. The van der Waals surface area contributed by atoms with Crippen LogP contribution in [0.3, 0.4) is 0 Å². The van der Waals surface area contributed by atoms with Gasteiger partial charge in [-0.2, -0.15) is 0 Å². The number of pyridine rings is 2. The predicted octanol–water partition coefficient (Wildman–Crippen LogP) is 7.82. The second kappa shape index (κ2) is 12.9. The Kier molecular flexibility index (Phi) is 8.79. The third-order valence-electron chi connectivity index (χ3n) is 9.57. The fourth-order valence-corrected chi connectivity index (χ4v) is 7.21. The molecule has 2 saturated heterocycles. The van der Waals surface area contributed by atoms with Crippen LogP contribution in [0.4, 0.5) is 22.7 Å². The number of aryl methyl sites for hydroxylation is 4. The lowest BCUT2D eigenvalue weighted by Crippen LogP contribution is -2.30. The molecule has 2 aliphatic rings. The smallest absolute Gasteiger partial charge is 0.0703 e. The third kappa shape index (κ3) is 6.26. The zero-order valence-corrected chi connectivity index (χ0v) is 27.5. The standard InChI is InChI=1S/C38H48N6/c1-27-21-31(22-28(2)37(27)43-15-7-8-16-43)35-13-11-33(25-39-35)41(5)19-20-42(6)34-12-14-36(40-26-34)32-23-29(3)38(30(4)24-32)44-17-9-10-18-44/h11-14,21-26H,7-10,15-20H2,1-6H3. The molecular weight excluding hydrogens is 540 g/mol. The highest BCUT2D eigenvalue weighted by Crippen LogP contribution is 2.34. The van der Waals surface area contributed by atoms with E-state index in [1.165, 1.54) is 96.6 Å². The molecule has 0 aliphatic carbocycles. The number of hydrogen-bond acceptors (Lipinski definition) is 6. The SMILES string of the molecule is Cc1cc(-c2ccc(N(C)CCN(C)c3ccc(-c4cc(C)c(N5CCCC5)c(C)c4)nc3)cn2)cc(C)c1N1CCCC1. The zero-order chi connectivity index (χ0) is 30.8. The second-order valence-corrected chi connectivity index (χ2v) is 13.0. The van der Waals surface area contributed by atoms with Crippen molar-refractivity contribution in [1.82, 2.24) is 9.97 Å². The van der Waals surface area contributed by atoms with Crippen molar-refractivity contribution in [1.29, 1.82) is 0 Å². The summed E-state index contributed by atoms with van der Waals surface area (Å²) in [5.41, 5.74) is 14.9. The van der Waals surface area contributed by atoms with Gasteiger partial charge in [0.2, 0.25) is 0 Å². The summed E-state index contributed by atoms with van der Waals surface area (Å²) in [6.45, 7) is 15.4. The molecule has 6 nitrogen and oxygen atoms in total. The minimum atomic E-state index is 0.887. The first-order chi connectivity index (χ1) is 21.3. The number of rotatable bonds is 9. The van der Waals surface area contributed by atoms with Crippen molar-refractivity contribution in [3.8, 4) is 22.5 Å². The molecule has 0 unspecified atom stereocenters. The predicted molar refractivity (Wildman–Crippen MR) is 188 cm³/mol. The minimum Gasteiger partial charge on any atom is -0.372 e. The van der Waals surface area contributed by atoms with Crippen LogP contribution in [0.5, 0.6) is 0 Å². The lowest BCUT2D eigenvalue weighted by molar-refractivity contribution is 0.829. The summed E-state index contributed by atoms with van der Waals surface area (Å²) in [6.07, 6.45) is 9.19. The summed E-state index contributed by atoms with van der Waals surface area (Å²) in [4.78, 5) is 19.3. The first kappa shape index (κ1) is 30.0. The fourth-order valence-electron chi connectivity index (χ4n) is 7.21. The Labute approximate surface area is 264 Å². The number of nitrogens with zero attached hydrogens (tertiary/aromatic N) is 6. The van der Waals surface area contributed by atoms with Crippen molar-refractivity contribution >= 4 is 22.7 Å². The van der Waals surface area contributed by atoms with Crippen LogP contribution in [-0.4, -0.2) is 63.3 Å². The van der Waals surface area contributed by atoms with Gasteiger partial charge in [-0.3, -0.25) is 9.97 Å². The van der Waals surface area contributed by atoms with E-state index in [1.54, 1.807) is 0 Å². The van der Waals surface area contributed by atoms with E-state index >= 15 is 0 Å². The highest BCUT2D eigenvalue weighted by Gasteiger charge is 2.19. The van der Waals surface area contributed by atoms with Gasteiger partial charge in [-0.05, 0) is 124 Å². The maximum absolute atomic E-state index is 4.86. The molecule has 4 heterocycles. The van der Waals surface area contributed by atoms with Gasteiger partial charge in [-0.25, -0.2) is 0 Å². The lowest BCUT2D eigenvalue weighted by Gasteiger charge is -2.25. The first-order valence-electron chi connectivity index (χ1n) is 16.4. The van der Waals surface area contributed by atoms with Crippen LogP contribution in [0.1, 0.15) is 47.9 Å². The van der Waals surface area contributed by atoms with Crippen molar-refractivity contribution in [2.75, 3.05) is 73.0 Å². The van der Waals surface area contributed by atoms with Crippen molar-refractivity contribution < 1.29 is 0 Å². The van der Waals surface area contributed by atoms with Crippen molar-refractivity contribution in [3.63, 3.8) is 0 Å². The largest absolute Gasteiger partial charge is 0.372 e. The van der Waals surface area contributed by atoms with Gasteiger partial charge in [-0.15, -0.1) is 0 Å². The molecule has 2 aliphatic heterocycles. The molecule has 0 radical (unpaired) electrons. The zero-order valence-electron chi connectivity index (χ0n) is 27.5. The lowest BCUT2D eigenvalue weighted by atomic mass is 10.0. The topological polar surface area (TPSA) is 38.7 Å². The van der Waals surface area contributed by atoms with E-state index in [2.05, 4.69) is 110 Å². The van der Waals surface area contributed by atoms with E-state index in [0.29, 0.717) is 0 Å². The molecule has 2 aromatic heterocycles. The van der Waals surface area contributed by atoms with Gasteiger partial charge in [-0.1, -0.05) is 0 Å². The van der Waals surface area contributed by atoms with Gasteiger partial charge in [0.25, 0.3) is 0 Å². The van der Waals surface area contributed by atoms with Crippen molar-refractivity contribution in [2.24, 2.45) is 0 Å². The van der Waals surface area contributed by atoms with Gasteiger partial charge in [0.15, 0.2) is 0 Å². The van der Waals surface area contributed by atoms with Crippen LogP contribution in [-0.2, 0) is 0 Å². The number of likely N-dealkylation sites (N-methyl/N-ethyl adjacent to an activating group) is 2.